The fourth-order valence-corrected chi connectivity index (χ4v) is 4.99. The van der Waals surface area contributed by atoms with Crippen LogP contribution in [0.4, 0.5) is 0 Å². The normalized spacial score (nSPS) is 47.3. The number of rotatable bonds is 1. The minimum Gasteiger partial charge on any atom is -0.303 e. The lowest BCUT2D eigenvalue weighted by Gasteiger charge is -2.59. The first-order valence-corrected chi connectivity index (χ1v) is 8.47. The quantitative estimate of drug-likeness (QED) is 0.502. The van der Waals surface area contributed by atoms with Crippen LogP contribution in [0.2, 0.25) is 0 Å². The molecule has 0 spiro atoms. The van der Waals surface area contributed by atoms with Gasteiger partial charge in [-0.2, -0.15) is 0 Å². The summed E-state index contributed by atoms with van der Waals surface area (Å²) in [6.07, 6.45) is 9.33. The van der Waals surface area contributed by atoms with Crippen molar-refractivity contribution < 1.29 is 29.0 Å². The summed E-state index contributed by atoms with van der Waals surface area (Å²) in [5, 5.41) is 0. The predicted octanol–water partition coefficient (Wildman–Crippen LogP) is 1.60. The zero-order chi connectivity index (χ0) is 13.7. The molecule has 19 heavy (non-hydrogen) atoms. The smallest absolute Gasteiger partial charge is 0.303 e. The molecule has 4 aliphatic carbocycles. The number of hydrogen-bond acceptors (Lipinski definition) is 3. The van der Waals surface area contributed by atoms with E-state index in [2.05, 4.69) is 0 Å². The number of phosphoric acid groups is 1. The lowest BCUT2D eigenvalue weighted by atomic mass is 9.48. The fraction of sp³-hybridized carbons (Fsp3) is 1.00. The van der Waals surface area contributed by atoms with Crippen molar-refractivity contribution >= 4 is 7.82 Å². The highest BCUT2D eigenvalue weighted by Gasteiger charge is 2.56. The summed E-state index contributed by atoms with van der Waals surface area (Å²) in [5.41, 5.74) is 0.549. The van der Waals surface area contributed by atoms with E-state index in [4.69, 9.17) is 29.0 Å². The summed E-state index contributed by atoms with van der Waals surface area (Å²) in [4.78, 5) is 31.8. The summed E-state index contributed by atoms with van der Waals surface area (Å²) < 4.78 is 8.88. The van der Waals surface area contributed by atoms with E-state index in [9.17, 15) is 0 Å². The van der Waals surface area contributed by atoms with Crippen molar-refractivity contribution in [3.8, 4) is 0 Å². The molecule has 0 amide bonds. The third-order valence-corrected chi connectivity index (χ3v) is 5.17. The van der Waals surface area contributed by atoms with Gasteiger partial charge in [0.2, 0.25) is 0 Å². The van der Waals surface area contributed by atoms with Gasteiger partial charge in [-0.15, -0.1) is 0 Å². The first-order chi connectivity index (χ1) is 8.84. The lowest BCUT2D eigenvalue weighted by molar-refractivity contribution is -0.454. The molecule has 0 aromatic rings. The molecule has 3 N–H and O–H groups in total. The molecule has 1 heterocycles. The molecule has 5 fully saturated rings. The highest BCUT2D eigenvalue weighted by Crippen LogP contribution is 2.62. The van der Waals surface area contributed by atoms with E-state index in [1.807, 2.05) is 0 Å². The topological polar surface area (TPSA) is 96.2 Å². The Morgan fingerprint density at radius 2 is 1.32 bits per heavy atom. The summed E-state index contributed by atoms with van der Waals surface area (Å²) >= 11 is 0. The first-order valence-electron chi connectivity index (χ1n) is 6.91. The van der Waals surface area contributed by atoms with E-state index >= 15 is 0 Å². The van der Waals surface area contributed by atoms with Crippen LogP contribution in [-0.2, 0) is 14.3 Å². The van der Waals surface area contributed by atoms with Crippen LogP contribution >= 0.6 is 7.82 Å². The second-order valence-electron chi connectivity index (χ2n) is 6.66. The molecule has 0 aromatic carbocycles. The molecular formula is C12H21O6P. The fourth-order valence-electron chi connectivity index (χ4n) is 4.99. The van der Waals surface area contributed by atoms with E-state index in [0.29, 0.717) is 11.5 Å². The first kappa shape index (κ1) is 14.0. The van der Waals surface area contributed by atoms with Crippen LogP contribution in [-0.4, -0.2) is 27.4 Å². The summed E-state index contributed by atoms with van der Waals surface area (Å²) in [5.74, 6) is 3.10. The largest absolute Gasteiger partial charge is 0.466 e. The second-order valence-corrected chi connectivity index (χ2v) is 7.69. The summed E-state index contributed by atoms with van der Waals surface area (Å²) in [6.45, 7) is 0.867. The molecule has 4 saturated carbocycles. The highest BCUT2D eigenvalue weighted by molar-refractivity contribution is 7.45. The zero-order valence-corrected chi connectivity index (χ0v) is 11.7. The van der Waals surface area contributed by atoms with E-state index in [0.717, 1.165) is 24.4 Å². The molecule has 5 aliphatic rings. The van der Waals surface area contributed by atoms with Crippen molar-refractivity contribution in [3.05, 3.63) is 0 Å². The van der Waals surface area contributed by atoms with Crippen LogP contribution in [0.1, 0.15) is 38.5 Å². The van der Waals surface area contributed by atoms with Crippen LogP contribution in [0.15, 0.2) is 0 Å². The van der Waals surface area contributed by atoms with Crippen molar-refractivity contribution in [1.82, 2.24) is 0 Å². The molecule has 0 radical (unpaired) electrons. The van der Waals surface area contributed by atoms with Crippen molar-refractivity contribution in [2.24, 2.45) is 23.2 Å². The van der Waals surface area contributed by atoms with Gasteiger partial charge in [0.1, 0.15) is 12.7 Å². The molecule has 1 atom stereocenters. The minimum absolute atomic E-state index is 0.455. The minimum atomic E-state index is -4.64. The van der Waals surface area contributed by atoms with Gasteiger partial charge in [0.25, 0.3) is 0 Å². The average Bonchev–Trinajstić information content (AvgIpc) is 2.06. The highest BCUT2D eigenvalue weighted by atomic mass is 31.2. The molecule has 7 heteroatoms. The monoisotopic (exact) mass is 292 g/mol. The van der Waals surface area contributed by atoms with Crippen molar-refractivity contribution in [3.63, 3.8) is 0 Å². The average molecular weight is 292 g/mol. The summed E-state index contributed by atoms with van der Waals surface area (Å²) in [7, 11) is -4.64. The Hall–Kier alpha value is 0.0300. The Balaban J connectivity index is 0.000000193. The van der Waals surface area contributed by atoms with Crippen LogP contribution in [0.5, 0.6) is 0 Å². The SMILES string of the molecule is C1C2CC3CC1CC(C1COO1)(C2)C3.O=P(O)(O)O. The van der Waals surface area contributed by atoms with E-state index in [-0.39, 0.29) is 0 Å². The van der Waals surface area contributed by atoms with E-state index in [1.54, 1.807) is 0 Å². The third-order valence-electron chi connectivity index (χ3n) is 5.17. The van der Waals surface area contributed by atoms with Gasteiger partial charge in [-0.3, -0.25) is 0 Å². The molecule has 6 nitrogen and oxygen atoms in total. The van der Waals surface area contributed by atoms with Crippen LogP contribution in [0.25, 0.3) is 0 Å². The van der Waals surface area contributed by atoms with E-state index in [1.165, 1.54) is 38.5 Å². The van der Waals surface area contributed by atoms with Crippen LogP contribution in [0, 0.1) is 23.2 Å². The number of hydrogen-bond donors (Lipinski definition) is 3. The molecule has 110 valence electrons. The van der Waals surface area contributed by atoms with Crippen molar-refractivity contribution in [1.29, 1.82) is 0 Å². The predicted molar refractivity (Wildman–Crippen MR) is 65.7 cm³/mol. The standard InChI is InChI=1S/C12H18O2.H3O4P/c1-8-2-10-3-9(1)5-12(4-8,6-10)11-7-13-14-11;1-5(2,3)4/h8-11H,1-7H2;(H3,1,2,3,4). The van der Waals surface area contributed by atoms with Gasteiger partial charge in [-0.25, -0.2) is 14.3 Å². The van der Waals surface area contributed by atoms with Gasteiger partial charge in [-0.05, 0) is 56.3 Å². The molecule has 0 aromatic heterocycles. The van der Waals surface area contributed by atoms with Crippen LogP contribution < -0.4 is 0 Å². The van der Waals surface area contributed by atoms with Gasteiger partial charge in [0.15, 0.2) is 0 Å². The van der Waals surface area contributed by atoms with Crippen molar-refractivity contribution in [2.75, 3.05) is 6.61 Å². The zero-order valence-electron chi connectivity index (χ0n) is 10.8. The maximum atomic E-state index is 8.88. The van der Waals surface area contributed by atoms with Gasteiger partial charge in [0, 0.05) is 5.41 Å². The molecule has 5 rings (SSSR count). The van der Waals surface area contributed by atoms with Gasteiger partial charge < -0.3 is 14.7 Å². The Kier molecular flexibility index (Phi) is 3.53. The third kappa shape index (κ3) is 3.04. The molecule has 1 aliphatic heterocycles. The Bertz CT molecular complexity index is 344. The Labute approximate surface area is 112 Å². The maximum absolute atomic E-state index is 8.88. The van der Waals surface area contributed by atoms with E-state index < -0.39 is 7.82 Å². The Morgan fingerprint density at radius 1 is 0.947 bits per heavy atom. The van der Waals surface area contributed by atoms with Gasteiger partial charge in [-0.1, -0.05) is 0 Å². The van der Waals surface area contributed by atoms with Gasteiger partial charge >= 0.3 is 7.82 Å². The van der Waals surface area contributed by atoms with Crippen molar-refractivity contribution in [2.45, 2.75) is 44.6 Å². The molecule has 1 unspecified atom stereocenters. The second kappa shape index (κ2) is 4.79. The van der Waals surface area contributed by atoms with Crippen LogP contribution in [0.3, 0.4) is 0 Å². The lowest BCUT2D eigenvalue weighted by Crippen LogP contribution is -2.56. The molecule has 4 bridgehead atoms. The maximum Gasteiger partial charge on any atom is 0.466 e. The molecule has 1 saturated heterocycles. The van der Waals surface area contributed by atoms with Gasteiger partial charge in [0.05, 0.1) is 0 Å². The Morgan fingerprint density at radius 3 is 1.58 bits per heavy atom. The molecular weight excluding hydrogens is 271 g/mol. The summed E-state index contributed by atoms with van der Waals surface area (Å²) in [6, 6.07) is 0.